The predicted molar refractivity (Wildman–Crippen MR) is 85.8 cm³/mol. The fourth-order valence-corrected chi connectivity index (χ4v) is 3.11. The zero-order chi connectivity index (χ0) is 16.9. The third-order valence-corrected chi connectivity index (χ3v) is 4.46. The average molecular weight is 335 g/mol. The molecule has 2 aliphatic heterocycles. The van der Waals surface area contributed by atoms with E-state index in [9.17, 15) is 14.0 Å². The standard InChI is InChI=1S/C17H22FN3O3/c18-14-5-3-13(4-6-14)12-19-16(22)15-2-1-7-21(15)17(23)20-8-10-24-11-9-20/h3-6,15H,1-2,7-12H2,(H,19,22). The van der Waals surface area contributed by atoms with E-state index in [4.69, 9.17) is 4.74 Å². The van der Waals surface area contributed by atoms with E-state index in [-0.39, 0.29) is 17.8 Å². The molecule has 0 spiro atoms. The number of rotatable bonds is 3. The summed E-state index contributed by atoms with van der Waals surface area (Å²) in [6, 6.07) is 5.50. The lowest BCUT2D eigenvalue weighted by Gasteiger charge is -2.33. The second kappa shape index (κ2) is 7.61. The Morgan fingerprint density at radius 1 is 1.17 bits per heavy atom. The summed E-state index contributed by atoms with van der Waals surface area (Å²) in [4.78, 5) is 28.5. The van der Waals surface area contributed by atoms with Crippen LogP contribution >= 0.6 is 0 Å². The first-order valence-electron chi connectivity index (χ1n) is 8.30. The molecule has 1 aromatic carbocycles. The van der Waals surface area contributed by atoms with E-state index in [0.717, 1.165) is 12.0 Å². The highest BCUT2D eigenvalue weighted by Crippen LogP contribution is 2.20. The Kier molecular flexibility index (Phi) is 5.30. The molecule has 3 amide bonds. The first kappa shape index (κ1) is 16.7. The Morgan fingerprint density at radius 3 is 2.58 bits per heavy atom. The number of hydrogen-bond donors (Lipinski definition) is 1. The molecule has 0 bridgehead atoms. The van der Waals surface area contributed by atoms with Crippen LogP contribution in [0.3, 0.4) is 0 Å². The largest absolute Gasteiger partial charge is 0.378 e. The van der Waals surface area contributed by atoms with E-state index in [0.29, 0.717) is 45.8 Å². The number of likely N-dealkylation sites (tertiary alicyclic amines) is 1. The van der Waals surface area contributed by atoms with Gasteiger partial charge in [0.25, 0.3) is 0 Å². The Labute approximate surface area is 140 Å². The van der Waals surface area contributed by atoms with Gasteiger partial charge in [-0.05, 0) is 30.5 Å². The highest BCUT2D eigenvalue weighted by Gasteiger charge is 2.36. The third-order valence-electron chi connectivity index (χ3n) is 4.46. The fourth-order valence-electron chi connectivity index (χ4n) is 3.11. The van der Waals surface area contributed by atoms with Gasteiger partial charge in [-0.1, -0.05) is 12.1 Å². The number of carbonyl (C=O) groups is 2. The van der Waals surface area contributed by atoms with Gasteiger partial charge in [-0.15, -0.1) is 0 Å². The molecule has 1 unspecified atom stereocenters. The van der Waals surface area contributed by atoms with Crippen LogP contribution in [0, 0.1) is 5.82 Å². The smallest absolute Gasteiger partial charge is 0.320 e. The van der Waals surface area contributed by atoms with Crippen LogP contribution in [0.2, 0.25) is 0 Å². The molecule has 130 valence electrons. The van der Waals surface area contributed by atoms with Gasteiger partial charge in [-0.2, -0.15) is 0 Å². The van der Waals surface area contributed by atoms with Gasteiger partial charge in [0.15, 0.2) is 0 Å². The van der Waals surface area contributed by atoms with Crippen LogP contribution < -0.4 is 5.32 Å². The zero-order valence-electron chi connectivity index (χ0n) is 13.5. The molecule has 1 atom stereocenters. The van der Waals surface area contributed by atoms with Crippen LogP contribution in [0.25, 0.3) is 0 Å². The van der Waals surface area contributed by atoms with Crippen LogP contribution in [0.4, 0.5) is 9.18 Å². The lowest BCUT2D eigenvalue weighted by molar-refractivity contribution is -0.125. The molecule has 0 aliphatic carbocycles. The van der Waals surface area contributed by atoms with E-state index in [1.165, 1.54) is 12.1 Å². The van der Waals surface area contributed by atoms with Gasteiger partial charge >= 0.3 is 6.03 Å². The van der Waals surface area contributed by atoms with Gasteiger partial charge in [0.05, 0.1) is 13.2 Å². The number of urea groups is 1. The second-order valence-corrected chi connectivity index (χ2v) is 6.08. The van der Waals surface area contributed by atoms with Crippen molar-refractivity contribution in [3.05, 3.63) is 35.6 Å². The predicted octanol–water partition coefficient (Wildman–Crippen LogP) is 1.36. The summed E-state index contributed by atoms with van der Waals surface area (Å²) in [7, 11) is 0. The summed E-state index contributed by atoms with van der Waals surface area (Å²) < 4.78 is 18.2. The molecule has 1 aromatic rings. The molecule has 0 aromatic heterocycles. The van der Waals surface area contributed by atoms with Crippen LogP contribution in [-0.2, 0) is 16.1 Å². The normalized spacial score (nSPS) is 21.0. The summed E-state index contributed by atoms with van der Waals surface area (Å²) in [5.41, 5.74) is 0.828. The maximum atomic E-state index is 12.9. The number of amides is 3. The number of ether oxygens (including phenoxy) is 1. The Balaban J connectivity index is 1.56. The monoisotopic (exact) mass is 335 g/mol. The summed E-state index contributed by atoms with van der Waals surface area (Å²) >= 11 is 0. The highest BCUT2D eigenvalue weighted by atomic mass is 19.1. The van der Waals surface area contributed by atoms with Gasteiger partial charge in [0.2, 0.25) is 5.91 Å². The fraction of sp³-hybridized carbons (Fsp3) is 0.529. The van der Waals surface area contributed by atoms with Crippen LogP contribution in [-0.4, -0.2) is 60.6 Å². The van der Waals surface area contributed by atoms with Crippen molar-refractivity contribution in [3.63, 3.8) is 0 Å². The maximum absolute atomic E-state index is 12.9. The van der Waals surface area contributed by atoms with Gasteiger partial charge in [-0.3, -0.25) is 4.79 Å². The van der Waals surface area contributed by atoms with Crippen molar-refractivity contribution in [1.29, 1.82) is 0 Å². The molecule has 7 heteroatoms. The van der Waals surface area contributed by atoms with E-state index < -0.39 is 6.04 Å². The summed E-state index contributed by atoms with van der Waals surface area (Å²) in [5.74, 6) is -0.457. The van der Waals surface area contributed by atoms with Crippen molar-refractivity contribution in [2.45, 2.75) is 25.4 Å². The second-order valence-electron chi connectivity index (χ2n) is 6.08. The SMILES string of the molecule is O=C(NCc1ccc(F)cc1)C1CCCN1C(=O)N1CCOCC1. The molecular weight excluding hydrogens is 313 g/mol. The molecule has 0 saturated carbocycles. The third kappa shape index (κ3) is 3.84. The van der Waals surface area contributed by atoms with E-state index >= 15 is 0 Å². The van der Waals surface area contributed by atoms with Gasteiger partial charge in [-0.25, -0.2) is 9.18 Å². The molecular formula is C17H22FN3O3. The van der Waals surface area contributed by atoms with Crippen LogP contribution in [0.15, 0.2) is 24.3 Å². The van der Waals surface area contributed by atoms with Gasteiger partial charge in [0, 0.05) is 26.2 Å². The topological polar surface area (TPSA) is 61.9 Å². The Hall–Kier alpha value is -2.15. The number of halogens is 1. The minimum atomic E-state index is -0.430. The first-order valence-corrected chi connectivity index (χ1v) is 8.30. The zero-order valence-corrected chi connectivity index (χ0v) is 13.5. The highest BCUT2D eigenvalue weighted by molar-refractivity contribution is 5.87. The van der Waals surface area contributed by atoms with Gasteiger partial charge in [0.1, 0.15) is 11.9 Å². The number of nitrogens with one attached hydrogen (secondary N) is 1. The Morgan fingerprint density at radius 2 is 1.88 bits per heavy atom. The van der Waals surface area contributed by atoms with Crippen molar-refractivity contribution in [3.8, 4) is 0 Å². The van der Waals surface area contributed by atoms with Crippen molar-refractivity contribution < 1.29 is 18.7 Å². The number of nitrogens with zero attached hydrogens (tertiary/aromatic N) is 2. The molecule has 0 radical (unpaired) electrons. The minimum Gasteiger partial charge on any atom is -0.378 e. The number of morpholine rings is 1. The molecule has 6 nitrogen and oxygen atoms in total. The summed E-state index contributed by atoms with van der Waals surface area (Å²) in [6.45, 7) is 3.15. The molecule has 24 heavy (non-hydrogen) atoms. The number of hydrogen-bond acceptors (Lipinski definition) is 3. The lowest BCUT2D eigenvalue weighted by atomic mass is 10.2. The molecule has 2 saturated heterocycles. The van der Waals surface area contributed by atoms with E-state index in [1.807, 2.05) is 0 Å². The van der Waals surface area contributed by atoms with Crippen molar-refractivity contribution in [2.24, 2.45) is 0 Å². The van der Waals surface area contributed by atoms with Crippen molar-refractivity contribution in [2.75, 3.05) is 32.8 Å². The van der Waals surface area contributed by atoms with Crippen molar-refractivity contribution in [1.82, 2.24) is 15.1 Å². The lowest BCUT2D eigenvalue weighted by Crippen LogP contribution is -2.53. The average Bonchev–Trinajstić information content (AvgIpc) is 3.11. The first-order chi connectivity index (χ1) is 11.6. The Bertz CT molecular complexity index is 587. The van der Waals surface area contributed by atoms with Gasteiger partial charge < -0.3 is 19.9 Å². The van der Waals surface area contributed by atoms with E-state index in [2.05, 4.69) is 5.32 Å². The van der Waals surface area contributed by atoms with Crippen LogP contribution in [0.5, 0.6) is 0 Å². The molecule has 1 N–H and O–H groups in total. The summed E-state index contributed by atoms with van der Waals surface area (Å²) in [5, 5.41) is 2.85. The van der Waals surface area contributed by atoms with Crippen molar-refractivity contribution >= 4 is 11.9 Å². The molecule has 3 rings (SSSR count). The number of carbonyl (C=O) groups excluding carboxylic acids is 2. The maximum Gasteiger partial charge on any atom is 0.320 e. The van der Waals surface area contributed by atoms with Crippen LogP contribution in [0.1, 0.15) is 18.4 Å². The van der Waals surface area contributed by atoms with E-state index in [1.54, 1.807) is 21.9 Å². The summed E-state index contributed by atoms with van der Waals surface area (Å²) in [6.07, 6.45) is 1.50. The molecule has 2 fully saturated rings. The minimum absolute atomic E-state index is 0.0854. The number of benzene rings is 1. The quantitative estimate of drug-likeness (QED) is 0.907. The molecule has 2 aliphatic rings. The molecule has 2 heterocycles.